The Hall–Kier alpha value is -2.47. The van der Waals surface area contributed by atoms with Gasteiger partial charge in [-0.1, -0.05) is 49.6 Å². The van der Waals surface area contributed by atoms with Crippen molar-refractivity contribution in [3.63, 3.8) is 0 Å². The summed E-state index contributed by atoms with van der Waals surface area (Å²) in [4.78, 5) is 27.7. The van der Waals surface area contributed by atoms with Crippen molar-refractivity contribution in [3.05, 3.63) is 60.2 Å². The van der Waals surface area contributed by atoms with Gasteiger partial charge in [-0.25, -0.2) is 4.79 Å². The van der Waals surface area contributed by atoms with Crippen LogP contribution in [0.4, 0.5) is 5.69 Å². The number of esters is 1. The molecule has 0 radical (unpaired) electrons. The van der Waals surface area contributed by atoms with Gasteiger partial charge in [-0.05, 0) is 37.1 Å². The van der Waals surface area contributed by atoms with Gasteiger partial charge in [0.05, 0.1) is 21.3 Å². The van der Waals surface area contributed by atoms with Crippen molar-refractivity contribution in [2.45, 2.75) is 43.0 Å². The zero-order chi connectivity index (χ0) is 19.9. The molecule has 0 aliphatic heterocycles. The SMILES string of the molecule is C[S@](=O)c1ccccc1C(=O)OCC(=O)N(c1ccccc1)C1CCCCC1. The molecule has 0 N–H and O–H groups in total. The molecule has 2 aromatic rings. The topological polar surface area (TPSA) is 63.7 Å². The minimum Gasteiger partial charge on any atom is -0.452 e. The van der Waals surface area contributed by atoms with Gasteiger partial charge < -0.3 is 9.64 Å². The summed E-state index contributed by atoms with van der Waals surface area (Å²) < 4.78 is 17.1. The van der Waals surface area contributed by atoms with Gasteiger partial charge in [0.1, 0.15) is 0 Å². The zero-order valence-corrected chi connectivity index (χ0v) is 16.8. The van der Waals surface area contributed by atoms with Crippen molar-refractivity contribution in [3.8, 4) is 0 Å². The molecule has 0 unspecified atom stereocenters. The Bertz CT molecular complexity index is 847. The smallest absolute Gasteiger partial charge is 0.339 e. The molecule has 0 saturated heterocycles. The second kappa shape index (κ2) is 9.64. The average Bonchev–Trinajstić information content (AvgIpc) is 2.73. The van der Waals surface area contributed by atoms with E-state index in [1.807, 2.05) is 30.3 Å². The first kappa shape index (κ1) is 20.3. The molecular formula is C22H25NO4S. The van der Waals surface area contributed by atoms with E-state index in [-0.39, 0.29) is 24.1 Å². The van der Waals surface area contributed by atoms with E-state index >= 15 is 0 Å². The van der Waals surface area contributed by atoms with E-state index in [1.54, 1.807) is 29.2 Å². The molecule has 1 saturated carbocycles. The Morgan fingerprint density at radius 3 is 2.32 bits per heavy atom. The lowest BCUT2D eigenvalue weighted by Crippen LogP contribution is -2.43. The van der Waals surface area contributed by atoms with Crippen LogP contribution in [-0.4, -0.2) is 35.0 Å². The van der Waals surface area contributed by atoms with Crippen LogP contribution in [0.5, 0.6) is 0 Å². The number of benzene rings is 2. The molecule has 0 heterocycles. The zero-order valence-electron chi connectivity index (χ0n) is 16.0. The Morgan fingerprint density at radius 2 is 1.64 bits per heavy atom. The molecule has 1 amide bonds. The monoisotopic (exact) mass is 399 g/mol. The first-order valence-corrected chi connectivity index (χ1v) is 11.1. The van der Waals surface area contributed by atoms with Crippen LogP contribution in [0, 0.1) is 0 Å². The maximum atomic E-state index is 13.0. The summed E-state index contributed by atoms with van der Waals surface area (Å²) in [5.41, 5.74) is 1.06. The van der Waals surface area contributed by atoms with Crippen molar-refractivity contribution < 1.29 is 18.5 Å². The number of rotatable bonds is 6. The van der Waals surface area contributed by atoms with E-state index in [2.05, 4.69) is 0 Å². The molecule has 0 bridgehead atoms. The van der Waals surface area contributed by atoms with Crippen molar-refractivity contribution >= 4 is 28.4 Å². The van der Waals surface area contributed by atoms with Crippen LogP contribution in [0.2, 0.25) is 0 Å². The molecule has 1 fully saturated rings. The van der Waals surface area contributed by atoms with Gasteiger partial charge in [0.2, 0.25) is 0 Å². The molecule has 1 aliphatic carbocycles. The number of para-hydroxylation sites is 1. The van der Waals surface area contributed by atoms with E-state index in [9.17, 15) is 13.8 Å². The number of ether oxygens (including phenoxy) is 1. The van der Waals surface area contributed by atoms with Crippen molar-refractivity contribution in [1.82, 2.24) is 0 Å². The van der Waals surface area contributed by atoms with Crippen LogP contribution in [0.3, 0.4) is 0 Å². The highest BCUT2D eigenvalue weighted by molar-refractivity contribution is 7.84. The summed E-state index contributed by atoms with van der Waals surface area (Å²) in [7, 11) is -1.31. The Morgan fingerprint density at radius 1 is 1.00 bits per heavy atom. The molecule has 1 atom stereocenters. The van der Waals surface area contributed by atoms with Gasteiger partial charge in [0.25, 0.3) is 5.91 Å². The fourth-order valence-electron chi connectivity index (χ4n) is 3.65. The third-order valence-electron chi connectivity index (χ3n) is 4.99. The summed E-state index contributed by atoms with van der Waals surface area (Å²) in [5, 5.41) is 0. The van der Waals surface area contributed by atoms with E-state index in [0.717, 1.165) is 31.4 Å². The number of carbonyl (C=O) groups is 2. The van der Waals surface area contributed by atoms with E-state index < -0.39 is 16.8 Å². The molecule has 2 aromatic carbocycles. The summed E-state index contributed by atoms with van der Waals surface area (Å²) in [6.45, 7) is -0.338. The first-order chi connectivity index (χ1) is 13.6. The van der Waals surface area contributed by atoms with Crippen LogP contribution in [0.25, 0.3) is 0 Å². The maximum absolute atomic E-state index is 13.0. The maximum Gasteiger partial charge on any atom is 0.339 e. The molecule has 3 rings (SSSR count). The molecule has 5 nitrogen and oxygen atoms in total. The number of hydrogen-bond donors (Lipinski definition) is 0. The van der Waals surface area contributed by atoms with Crippen LogP contribution in [-0.2, 0) is 20.3 Å². The predicted octanol–water partition coefficient (Wildman–Crippen LogP) is 3.95. The second-order valence-corrected chi connectivity index (χ2v) is 8.27. The molecule has 1 aliphatic rings. The number of nitrogens with zero attached hydrogens (tertiary/aromatic N) is 1. The van der Waals surface area contributed by atoms with E-state index in [4.69, 9.17) is 4.74 Å². The normalized spacial score (nSPS) is 15.6. The lowest BCUT2D eigenvalue weighted by molar-refractivity contribution is -0.122. The summed E-state index contributed by atoms with van der Waals surface area (Å²) in [5.74, 6) is -0.864. The predicted molar refractivity (Wildman–Crippen MR) is 110 cm³/mol. The van der Waals surface area contributed by atoms with E-state index in [0.29, 0.717) is 4.90 Å². The molecule has 0 aromatic heterocycles. The third kappa shape index (κ3) is 4.87. The quantitative estimate of drug-likeness (QED) is 0.690. The van der Waals surface area contributed by atoms with Crippen LogP contribution >= 0.6 is 0 Å². The summed E-state index contributed by atoms with van der Waals surface area (Å²) in [6, 6.07) is 16.3. The lowest BCUT2D eigenvalue weighted by Gasteiger charge is -2.34. The number of hydrogen-bond acceptors (Lipinski definition) is 4. The number of carbonyl (C=O) groups excluding carboxylic acids is 2. The van der Waals surface area contributed by atoms with Crippen LogP contribution in [0.15, 0.2) is 59.5 Å². The minimum atomic E-state index is -1.31. The third-order valence-corrected chi connectivity index (χ3v) is 5.96. The lowest BCUT2D eigenvalue weighted by atomic mass is 9.93. The minimum absolute atomic E-state index is 0.123. The average molecular weight is 400 g/mol. The Balaban J connectivity index is 1.74. The first-order valence-electron chi connectivity index (χ1n) is 9.54. The molecular weight excluding hydrogens is 374 g/mol. The summed E-state index contributed by atoms with van der Waals surface area (Å²) in [6.07, 6.45) is 6.79. The Labute approximate surface area is 168 Å². The Kier molecular flexibility index (Phi) is 6.98. The number of amides is 1. The molecule has 28 heavy (non-hydrogen) atoms. The molecule has 0 spiro atoms. The van der Waals surface area contributed by atoms with Gasteiger partial charge in [-0.3, -0.25) is 9.00 Å². The number of anilines is 1. The highest BCUT2D eigenvalue weighted by Gasteiger charge is 2.28. The van der Waals surface area contributed by atoms with Gasteiger partial charge in [-0.2, -0.15) is 0 Å². The largest absolute Gasteiger partial charge is 0.452 e. The molecule has 148 valence electrons. The van der Waals surface area contributed by atoms with Crippen molar-refractivity contribution in [1.29, 1.82) is 0 Å². The van der Waals surface area contributed by atoms with Gasteiger partial charge >= 0.3 is 5.97 Å². The fraction of sp³-hybridized carbons (Fsp3) is 0.364. The van der Waals surface area contributed by atoms with Crippen molar-refractivity contribution in [2.24, 2.45) is 0 Å². The van der Waals surface area contributed by atoms with Crippen LogP contribution < -0.4 is 4.90 Å². The highest BCUT2D eigenvalue weighted by atomic mass is 32.2. The van der Waals surface area contributed by atoms with Gasteiger partial charge in [-0.15, -0.1) is 0 Å². The van der Waals surface area contributed by atoms with Crippen LogP contribution in [0.1, 0.15) is 42.5 Å². The van der Waals surface area contributed by atoms with E-state index in [1.165, 1.54) is 12.7 Å². The standard InChI is InChI=1S/C22H25NO4S/c1-28(26)20-15-9-8-14-19(20)22(25)27-16-21(24)23(17-10-4-2-5-11-17)18-12-6-3-7-13-18/h2,4-5,8-11,14-15,18H,3,6-7,12-13,16H2,1H3/t28-/m0/s1. The summed E-state index contributed by atoms with van der Waals surface area (Å²) >= 11 is 0. The fourth-order valence-corrected chi connectivity index (χ4v) is 4.38. The second-order valence-electron chi connectivity index (χ2n) is 6.92. The van der Waals surface area contributed by atoms with Gasteiger partial charge in [0.15, 0.2) is 6.61 Å². The van der Waals surface area contributed by atoms with Gasteiger partial charge in [0, 0.05) is 18.0 Å². The van der Waals surface area contributed by atoms with Crippen molar-refractivity contribution in [2.75, 3.05) is 17.8 Å². The molecule has 6 heteroatoms. The highest BCUT2D eigenvalue weighted by Crippen LogP contribution is 2.27.